The molecule has 9 aliphatic rings. The molecule has 4 saturated heterocycles. The molecule has 11 unspecified atom stereocenters. The Balaban J connectivity index is 1.01. The van der Waals surface area contributed by atoms with Gasteiger partial charge in [-0.2, -0.15) is 0 Å². The van der Waals surface area contributed by atoms with Crippen molar-refractivity contribution in [1.29, 1.82) is 0 Å². The van der Waals surface area contributed by atoms with Crippen molar-refractivity contribution in [2.75, 3.05) is 19.8 Å². The van der Waals surface area contributed by atoms with E-state index in [1.807, 2.05) is 27.7 Å². The van der Waals surface area contributed by atoms with Crippen LogP contribution < -0.4 is 0 Å². The number of esters is 3. The number of allylic oxidation sites excluding steroid dienone is 4. The Morgan fingerprint density at radius 3 is 1.73 bits per heavy atom. The first-order valence-corrected chi connectivity index (χ1v) is 32.3. The molecule has 27 heteroatoms. The van der Waals surface area contributed by atoms with E-state index in [0.717, 1.165) is 5.57 Å². The highest BCUT2D eigenvalue weighted by Gasteiger charge is 2.74. The standard InChI is InChI=1S/C65H100O27/c1-14-27(3)54(80)87-46-29(5)83-58(45(76)48(46)88-55(81)28(4)15-2)92-52-51(77)65(26-82-30(6)68)32(22-60(52,7)8)31-16-17-36-62(11)20-19-38(61(9,10)35(62)18-21-63(36,12)64(31,13)23-37(65)69)86-59-50(91-57-43(74)41(72)39(70)33(24-66)84-57)47(44(75)49(90-59)53(78)79)89-56-42(73)40(71)34(25-67)85-56/h14-16,29,32-52,56-59,66-67,69-77H,17-26H2,1-13H3,(H,78,79)/b27-14-,28-15-/t29?,32?,33?,34-,35?,36?,37+,38-,39-,40+,41?,42?,43-,44-,45-,46-,47?,48?,49?,50-,51-,52-,56?,57-,58-,59+,62-,63+,64+,65-/m0/s1. The second-order valence-electron chi connectivity index (χ2n) is 29.4. The molecule has 0 radical (unpaired) electrons. The van der Waals surface area contributed by atoms with Crippen LogP contribution in [0.15, 0.2) is 34.9 Å². The maximum atomic E-state index is 13.4. The number of rotatable bonds is 17. The molecule has 27 nitrogen and oxygen atoms in total. The third-order valence-corrected chi connectivity index (χ3v) is 23.6. The van der Waals surface area contributed by atoms with E-state index in [-0.39, 0.29) is 35.8 Å². The third kappa shape index (κ3) is 12.3. The minimum atomic E-state index is -2.13. The van der Waals surface area contributed by atoms with Crippen LogP contribution >= 0.6 is 0 Å². The Bertz CT molecular complexity index is 2790. The van der Waals surface area contributed by atoms with Crippen molar-refractivity contribution < 1.29 is 133 Å². The number of hydrogen-bond acceptors (Lipinski definition) is 26. The maximum Gasteiger partial charge on any atom is 0.335 e. The van der Waals surface area contributed by atoms with Gasteiger partial charge in [-0.05, 0) is 124 Å². The van der Waals surface area contributed by atoms with Crippen molar-refractivity contribution in [1.82, 2.24) is 0 Å². The summed E-state index contributed by atoms with van der Waals surface area (Å²) in [6, 6.07) is 0. The Labute approximate surface area is 535 Å². The Kier molecular flexibility index (Phi) is 21.3. The zero-order chi connectivity index (χ0) is 68.0. The largest absolute Gasteiger partial charge is 0.479 e. The van der Waals surface area contributed by atoms with E-state index in [2.05, 4.69) is 26.8 Å². The fourth-order valence-corrected chi connectivity index (χ4v) is 17.8. The quantitative estimate of drug-likeness (QED) is 0.0314. The lowest BCUT2D eigenvalue weighted by Crippen LogP contribution is -2.72. The van der Waals surface area contributed by atoms with Crippen molar-refractivity contribution in [2.45, 2.75) is 276 Å². The average Bonchev–Trinajstić information content (AvgIpc) is 0.719. The monoisotopic (exact) mass is 1310 g/mol. The van der Waals surface area contributed by atoms with Gasteiger partial charge in [0.25, 0.3) is 0 Å². The summed E-state index contributed by atoms with van der Waals surface area (Å²) in [6.07, 6.45) is -29.1. The molecule has 522 valence electrons. The lowest BCUT2D eigenvalue weighted by Gasteiger charge is -2.72. The molecule has 92 heavy (non-hydrogen) atoms. The first-order valence-electron chi connectivity index (χ1n) is 32.3. The zero-order valence-corrected chi connectivity index (χ0v) is 54.8. The van der Waals surface area contributed by atoms with Crippen LogP contribution in [-0.2, 0) is 71.3 Å². The van der Waals surface area contributed by atoms with Gasteiger partial charge in [0.15, 0.2) is 43.5 Å². The minimum Gasteiger partial charge on any atom is -0.479 e. The summed E-state index contributed by atoms with van der Waals surface area (Å²) in [5, 5.41) is 135. The van der Waals surface area contributed by atoms with E-state index in [0.29, 0.717) is 32.1 Å². The van der Waals surface area contributed by atoms with Gasteiger partial charge in [-0.1, -0.05) is 72.3 Å². The van der Waals surface area contributed by atoms with Crippen molar-refractivity contribution in [3.05, 3.63) is 34.9 Å². The van der Waals surface area contributed by atoms with Crippen molar-refractivity contribution in [2.24, 2.45) is 50.2 Å². The van der Waals surface area contributed by atoms with E-state index in [1.165, 1.54) is 19.9 Å². The zero-order valence-electron chi connectivity index (χ0n) is 54.8. The first-order chi connectivity index (χ1) is 42.9. The SMILES string of the molecule is C/C=C(/C)C(=O)OC1[C@@H](OC(=O)/C(C)=C\C)C(C)O[C@@H](O[C@H]2[C@H](O)[C@@]3(COC(C)=O)C(CC2(C)C)C2=CCC4[C@@]5(C)CC[C@H](O[C@@H]6OC(C(=O)O)[C@@H](O)C(OC7O[C@@H](CO)[C@@H](O)C7O)[C@@H]6O[C@@H]6OC(CO)[C@H](O)C(O)[C@@H]6O)C(C)(C)C5CC[C@@]4(C)[C@]2(C)C[C@H]3O)[C@H]1O. The number of carbonyl (C=O) groups is 4. The predicted molar refractivity (Wildman–Crippen MR) is 316 cm³/mol. The number of carboxylic acid groups (broad SMARTS) is 1. The molecule has 4 aliphatic heterocycles. The molecule has 12 N–H and O–H groups in total. The van der Waals surface area contributed by atoms with Gasteiger partial charge in [0.2, 0.25) is 0 Å². The highest BCUT2D eigenvalue weighted by atomic mass is 16.8. The molecule has 9 rings (SSSR count). The molecular formula is C65H100O27. The molecule has 0 aromatic rings. The van der Waals surface area contributed by atoms with Gasteiger partial charge in [0.05, 0.1) is 49.1 Å². The van der Waals surface area contributed by atoms with Crippen LogP contribution in [0.1, 0.15) is 135 Å². The van der Waals surface area contributed by atoms with E-state index < -0.39 is 223 Å². The van der Waals surface area contributed by atoms with E-state index in [4.69, 9.17) is 52.1 Å². The number of aliphatic hydroxyl groups is 11. The van der Waals surface area contributed by atoms with Crippen molar-refractivity contribution >= 4 is 23.9 Å². The normalized spacial score (nSPS) is 48.4. The van der Waals surface area contributed by atoms with Crippen LogP contribution in [0.2, 0.25) is 0 Å². The first kappa shape index (κ1) is 72.6. The molecule has 0 spiro atoms. The lowest BCUT2D eigenvalue weighted by atomic mass is 9.33. The summed E-state index contributed by atoms with van der Waals surface area (Å²) < 4.78 is 67.2. The van der Waals surface area contributed by atoms with Gasteiger partial charge in [-0.3, -0.25) is 4.79 Å². The average molecular weight is 1310 g/mol. The molecule has 0 amide bonds. The highest BCUT2D eigenvalue weighted by Crippen LogP contribution is 2.76. The summed E-state index contributed by atoms with van der Waals surface area (Å²) in [4.78, 5) is 52.4. The molecular weight excluding hydrogens is 1210 g/mol. The molecule has 0 aromatic carbocycles. The number of fused-ring (bicyclic) bond motifs is 7. The highest BCUT2D eigenvalue weighted by molar-refractivity contribution is 5.88. The fraction of sp³-hybridized carbons (Fsp3) is 0.846. The number of carboxylic acids is 1. The Morgan fingerprint density at radius 1 is 0.609 bits per heavy atom. The lowest BCUT2D eigenvalue weighted by molar-refractivity contribution is -0.386. The molecule has 0 aromatic heterocycles. The second kappa shape index (κ2) is 27.0. The maximum absolute atomic E-state index is 13.4. The van der Waals surface area contributed by atoms with Crippen molar-refractivity contribution in [3.8, 4) is 0 Å². The molecule has 4 heterocycles. The van der Waals surface area contributed by atoms with E-state index >= 15 is 0 Å². The Morgan fingerprint density at radius 2 is 1.16 bits per heavy atom. The van der Waals surface area contributed by atoms with Crippen LogP contribution in [0.5, 0.6) is 0 Å². The fourth-order valence-electron chi connectivity index (χ4n) is 17.8. The number of carbonyl (C=O) groups excluding carboxylic acids is 3. The van der Waals surface area contributed by atoms with E-state index in [9.17, 15) is 80.5 Å². The number of hydrogen-bond donors (Lipinski definition) is 12. The summed E-state index contributed by atoms with van der Waals surface area (Å²) in [5.41, 5.74) is -3.54. The van der Waals surface area contributed by atoms with Gasteiger partial charge < -0.3 is 113 Å². The number of aliphatic carboxylic acids is 1. The molecule has 4 saturated carbocycles. The predicted octanol–water partition coefficient (Wildman–Crippen LogP) is 0.715. The van der Waals surface area contributed by atoms with Crippen LogP contribution in [-0.4, -0.2) is 246 Å². The van der Waals surface area contributed by atoms with E-state index in [1.54, 1.807) is 33.8 Å². The summed E-state index contributed by atoms with van der Waals surface area (Å²) in [7, 11) is 0. The molecule has 5 aliphatic carbocycles. The van der Waals surface area contributed by atoms with Crippen LogP contribution in [0.3, 0.4) is 0 Å². The Hall–Kier alpha value is -3.66. The molecule has 8 fully saturated rings. The van der Waals surface area contributed by atoms with Gasteiger partial charge in [0.1, 0.15) is 73.8 Å². The topological polar surface area (TPSA) is 413 Å². The van der Waals surface area contributed by atoms with Gasteiger partial charge in [0, 0.05) is 18.1 Å². The summed E-state index contributed by atoms with van der Waals surface area (Å²) in [6.45, 7) is 21.8. The van der Waals surface area contributed by atoms with Crippen LogP contribution in [0, 0.1) is 50.2 Å². The van der Waals surface area contributed by atoms with Crippen LogP contribution in [0.4, 0.5) is 0 Å². The van der Waals surface area contributed by atoms with Gasteiger partial charge in [-0.25, -0.2) is 14.4 Å². The number of ether oxygens (including phenoxy) is 11. The molecule has 0 bridgehead atoms. The minimum absolute atomic E-state index is 0.0439. The summed E-state index contributed by atoms with van der Waals surface area (Å²) >= 11 is 0. The van der Waals surface area contributed by atoms with Crippen molar-refractivity contribution in [3.63, 3.8) is 0 Å². The van der Waals surface area contributed by atoms with Gasteiger partial charge >= 0.3 is 23.9 Å². The molecule has 30 atom stereocenters. The smallest absolute Gasteiger partial charge is 0.335 e. The second-order valence-corrected chi connectivity index (χ2v) is 29.4. The summed E-state index contributed by atoms with van der Waals surface area (Å²) in [5.74, 6) is -4.56. The third-order valence-electron chi connectivity index (χ3n) is 23.6. The number of aliphatic hydroxyl groups excluding tert-OH is 11. The van der Waals surface area contributed by atoms with Crippen LogP contribution in [0.25, 0.3) is 0 Å². The van der Waals surface area contributed by atoms with Gasteiger partial charge in [-0.15, -0.1) is 0 Å².